The largest absolute Gasteiger partial charge is 0.354 e. The standard InChI is InChI=1S/C22H13BrF2N4O/c23-14-6-4-13(5-7-14)19-10-15(30-28-19)11-29-9-8-18-20(12-29)27-22(26-18)16-2-1-3-17(24)21(16)25/h1-10,12H,11H2/p+1. The van der Waals surface area contributed by atoms with Gasteiger partial charge in [-0.1, -0.05) is 39.3 Å². The molecule has 0 saturated heterocycles. The molecule has 3 heterocycles. The van der Waals surface area contributed by atoms with Gasteiger partial charge in [-0.05, 0) is 24.3 Å². The summed E-state index contributed by atoms with van der Waals surface area (Å²) in [5, 5.41) is 4.14. The Hall–Kier alpha value is -3.39. The van der Waals surface area contributed by atoms with Crippen molar-refractivity contribution in [1.82, 2.24) is 15.1 Å². The van der Waals surface area contributed by atoms with Crippen molar-refractivity contribution in [3.63, 3.8) is 0 Å². The van der Waals surface area contributed by atoms with Crippen LogP contribution in [0.5, 0.6) is 0 Å². The molecule has 5 nitrogen and oxygen atoms in total. The summed E-state index contributed by atoms with van der Waals surface area (Å²) < 4.78 is 36.0. The summed E-state index contributed by atoms with van der Waals surface area (Å²) in [6, 6.07) is 15.5. The molecule has 0 radical (unpaired) electrons. The maximum atomic E-state index is 14.1. The number of rotatable bonds is 4. The average Bonchev–Trinajstić information content (AvgIpc) is 3.37. The van der Waals surface area contributed by atoms with Crippen LogP contribution in [0.2, 0.25) is 0 Å². The van der Waals surface area contributed by atoms with Crippen molar-refractivity contribution in [2.45, 2.75) is 6.54 Å². The molecule has 0 saturated carbocycles. The van der Waals surface area contributed by atoms with Crippen LogP contribution in [0.3, 0.4) is 0 Å². The zero-order valence-electron chi connectivity index (χ0n) is 15.4. The first-order chi connectivity index (χ1) is 14.6. The lowest BCUT2D eigenvalue weighted by atomic mass is 10.1. The highest BCUT2D eigenvalue weighted by atomic mass is 79.9. The Bertz CT molecular complexity index is 1360. The maximum Gasteiger partial charge on any atom is 0.208 e. The molecule has 3 aromatic heterocycles. The maximum absolute atomic E-state index is 14.1. The molecular formula is C22H14BrF2N4O+. The van der Waals surface area contributed by atoms with Gasteiger partial charge in [-0.2, -0.15) is 4.57 Å². The molecule has 8 heteroatoms. The Morgan fingerprint density at radius 1 is 1.07 bits per heavy atom. The molecule has 0 fully saturated rings. The second kappa shape index (κ2) is 7.46. The van der Waals surface area contributed by atoms with Crippen LogP contribution in [-0.2, 0) is 6.54 Å². The van der Waals surface area contributed by atoms with Gasteiger partial charge in [-0.25, -0.2) is 13.8 Å². The smallest absolute Gasteiger partial charge is 0.208 e. The van der Waals surface area contributed by atoms with Gasteiger partial charge in [0.05, 0.1) is 5.56 Å². The number of imidazole rings is 1. The van der Waals surface area contributed by atoms with E-state index in [1.165, 1.54) is 12.1 Å². The lowest BCUT2D eigenvalue weighted by Gasteiger charge is -1.99. The van der Waals surface area contributed by atoms with E-state index in [1.807, 2.05) is 47.3 Å². The van der Waals surface area contributed by atoms with Crippen molar-refractivity contribution in [2.75, 3.05) is 0 Å². The van der Waals surface area contributed by atoms with Gasteiger partial charge in [0.25, 0.3) is 0 Å². The van der Waals surface area contributed by atoms with Gasteiger partial charge in [0.1, 0.15) is 22.6 Å². The average molecular weight is 468 g/mol. The zero-order chi connectivity index (χ0) is 20.7. The second-order valence-electron chi connectivity index (χ2n) is 6.79. The first-order valence-corrected chi connectivity index (χ1v) is 9.91. The number of nitrogens with one attached hydrogen (secondary N) is 1. The van der Waals surface area contributed by atoms with Crippen molar-refractivity contribution < 1.29 is 17.9 Å². The van der Waals surface area contributed by atoms with Gasteiger partial charge in [0.15, 0.2) is 24.0 Å². The third-order valence-corrected chi connectivity index (χ3v) is 5.25. The van der Waals surface area contributed by atoms with Crippen LogP contribution in [0.25, 0.3) is 33.7 Å². The summed E-state index contributed by atoms with van der Waals surface area (Å²) in [5.74, 6) is -0.869. The van der Waals surface area contributed by atoms with E-state index in [1.54, 1.807) is 6.07 Å². The first-order valence-electron chi connectivity index (χ1n) is 9.11. The van der Waals surface area contributed by atoms with Crippen molar-refractivity contribution in [3.8, 4) is 22.6 Å². The van der Waals surface area contributed by atoms with Crippen LogP contribution in [-0.4, -0.2) is 15.1 Å². The van der Waals surface area contributed by atoms with Gasteiger partial charge in [-0.15, -0.1) is 0 Å². The van der Waals surface area contributed by atoms with E-state index >= 15 is 0 Å². The highest BCUT2D eigenvalue weighted by Gasteiger charge is 2.16. The van der Waals surface area contributed by atoms with Crippen LogP contribution >= 0.6 is 15.9 Å². The van der Waals surface area contributed by atoms with Gasteiger partial charge in [0.2, 0.25) is 12.3 Å². The minimum atomic E-state index is -0.924. The number of hydrogen-bond acceptors (Lipinski definition) is 3. The summed E-state index contributed by atoms with van der Waals surface area (Å²) in [7, 11) is 0. The Labute approximate surface area is 178 Å². The van der Waals surface area contributed by atoms with Crippen molar-refractivity contribution in [2.24, 2.45) is 0 Å². The van der Waals surface area contributed by atoms with Crippen molar-refractivity contribution in [1.29, 1.82) is 0 Å². The molecule has 5 rings (SSSR count). The Kier molecular flexibility index (Phi) is 4.63. The zero-order valence-corrected chi connectivity index (χ0v) is 17.0. The number of H-pyrrole nitrogens is 1. The van der Waals surface area contributed by atoms with Gasteiger partial charge in [0, 0.05) is 22.2 Å². The number of pyridine rings is 1. The van der Waals surface area contributed by atoms with Gasteiger partial charge in [-0.3, -0.25) is 0 Å². The molecule has 0 bridgehead atoms. The fourth-order valence-corrected chi connectivity index (χ4v) is 3.50. The molecule has 0 amide bonds. The van der Waals surface area contributed by atoms with Crippen molar-refractivity contribution >= 4 is 27.0 Å². The van der Waals surface area contributed by atoms with Crippen LogP contribution < -0.4 is 4.57 Å². The van der Waals surface area contributed by atoms with E-state index in [2.05, 4.69) is 31.1 Å². The number of fused-ring (bicyclic) bond motifs is 1. The quantitative estimate of drug-likeness (QED) is 0.366. The molecule has 0 spiro atoms. The molecule has 0 aliphatic carbocycles. The fraction of sp³-hybridized carbons (Fsp3) is 0.0455. The predicted molar refractivity (Wildman–Crippen MR) is 110 cm³/mol. The number of aromatic nitrogens is 4. The summed E-state index contributed by atoms with van der Waals surface area (Å²) >= 11 is 3.42. The number of halogens is 3. The van der Waals surface area contributed by atoms with E-state index in [0.717, 1.165) is 21.8 Å². The first kappa shape index (κ1) is 18.6. The SMILES string of the molecule is Fc1cccc(-c2nc3cc[n+](Cc4cc(-c5ccc(Br)cc5)no4)cc3[nH]2)c1F. The summed E-state index contributed by atoms with van der Waals surface area (Å²) in [6.07, 6.45) is 3.68. The normalized spacial score (nSPS) is 11.3. The minimum Gasteiger partial charge on any atom is -0.354 e. The summed E-state index contributed by atoms with van der Waals surface area (Å²) in [4.78, 5) is 7.42. The van der Waals surface area contributed by atoms with Crippen LogP contribution in [0.4, 0.5) is 8.78 Å². The third-order valence-electron chi connectivity index (χ3n) is 4.72. The Morgan fingerprint density at radius 3 is 2.73 bits per heavy atom. The molecule has 0 aliphatic heterocycles. The highest BCUT2D eigenvalue weighted by Crippen LogP contribution is 2.24. The van der Waals surface area contributed by atoms with Gasteiger partial charge >= 0.3 is 0 Å². The second-order valence-corrected chi connectivity index (χ2v) is 7.70. The fourth-order valence-electron chi connectivity index (χ4n) is 3.24. The summed E-state index contributed by atoms with van der Waals surface area (Å²) in [6.45, 7) is 0.460. The van der Waals surface area contributed by atoms with Crippen LogP contribution in [0.1, 0.15) is 5.76 Å². The number of benzene rings is 2. The van der Waals surface area contributed by atoms with E-state index in [-0.39, 0.29) is 11.4 Å². The van der Waals surface area contributed by atoms with Crippen LogP contribution in [0.15, 0.2) is 76.0 Å². The molecular weight excluding hydrogens is 454 g/mol. The van der Waals surface area contributed by atoms with Crippen LogP contribution in [0, 0.1) is 11.6 Å². The third kappa shape index (κ3) is 3.50. The lowest BCUT2D eigenvalue weighted by Crippen LogP contribution is -2.32. The topological polar surface area (TPSA) is 58.6 Å². The molecule has 148 valence electrons. The van der Waals surface area contributed by atoms with E-state index in [0.29, 0.717) is 23.3 Å². The molecule has 0 unspecified atom stereocenters. The molecule has 0 aliphatic rings. The number of hydrogen-bond donors (Lipinski definition) is 1. The molecule has 30 heavy (non-hydrogen) atoms. The van der Waals surface area contributed by atoms with E-state index < -0.39 is 11.6 Å². The molecule has 0 atom stereocenters. The Morgan fingerprint density at radius 2 is 1.90 bits per heavy atom. The minimum absolute atomic E-state index is 0.0899. The molecule has 1 N–H and O–H groups in total. The highest BCUT2D eigenvalue weighted by molar-refractivity contribution is 9.10. The molecule has 2 aromatic carbocycles. The number of nitrogens with zero attached hydrogens (tertiary/aromatic N) is 3. The van der Waals surface area contributed by atoms with E-state index in [4.69, 9.17) is 4.52 Å². The van der Waals surface area contributed by atoms with E-state index in [9.17, 15) is 8.78 Å². The Balaban J connectivity index is 1.42. The molecule has 5 aromatic rings. The lowest BCUT2D eigenvalue weighted by molar-refractivity contribution is -0.688. The number of aromatic amines is 1. The monoisotopic (exact) mass is 467 g/mol. The predicted octanol–water partition coefficient (Wildman–Crippen LogP) is 5.26. The summed E-state index contributed by atoms with van der Waals surface area (Å²) in [5.41, 5.74) is 3.16. The van der Waals surface area contributed by atoms with Crippen molar-refractivity contribution in [3.05, 3.63) is 88.9 Å². The van der Waals surface area contributed by atoms with Gasteiger partial charge < -0.3 is 9.51 Å².